The summed E-state index contributed by atoms with van der Waals surface area (Å²) >= 11 is 3.44. The van der Waals surface area contributed by atoms with Crippen LogP contribution in [0.4, 0.5) is 5.69 Å². The van der Waals surface area contributed by atoms with Gasteiger partial charge in [0.15, 0.2) is 0 Å². The van der Waals surface area contributed by atoms with E-state index < -0.39 is 0 Å². The Bertz CT molecular complexity index is 517. The number of rotatable bonds is 5. The number of benzene rings is 1. The van der Waals surface area contributed by atoms with Crippen LogP contribution in [0.25, 0.3) is 0 Å². The average Bonchev–Trinajstić information content (AvgIpc) is 2.85. The van der Waals surface area contributed by atoms with Crippen molar-refractivity contribution in [1.82, 2.24) is 5.32 Å². The van der Waals surface area contributed by atoms with Crippen molar-refractivity contribution in [3.63, 3.8) is 0 Å². The third-order valence-electron chi connectivity index (χ3n) is 3.38. The first-order valence-electron chi connectivity index (χ1n) is 6.97. The Morgan fingerprint density at radius 2 is 2.15 bits per heavy atom. The van der Waals surface area contributed by atoms with E-state index in [1.54, 1.807) is 4.90 Å². The molecule has 1 aromatic carbocycles. The van der Waals surface area contributed by atoms with Crippen molar-refractivity contribution >= 4 is 33.4 Å². The fourth-order valence-electron chi connectivity index (χ4n) is 2.34. The normalized spacial score (nSPS) is 13.2. The number of fused-ring (bicyclic) bond motifs is 1. The van der Waals surface area contributed by atoms with Crippen LogP contribution in [0.3, 0.4) is 0 Å². The van der Waals surface area contributed by atoms with Crippen molar-refractivity contribution in [2.45, 2.75) is 32.6 Å². The first kappa shape index (κ1) is 15.0. The van der Waals surface area contributed by atoms with Crippen LogP contribution in [-0.2, 0) is 16.0 Å². The lowest BCUT2D eigenvalue weighted by atomic mass is 10.2. The zero-order valence-corrected chi connectivity index (χ0v) is 13.2. The van der Waals surface area contributed by atoms with Crippen LogP contribution in [0, 0.1) is 0 Å². The minimum absolute atomic E-state index is 0.0257. The maximum absolute atomic E-state index is 12.2. The molecular weight excluding hydrogens is 320 g/mol. The molecule has 108 valence electrons. The first-order valence-corrected chi connectivity index (χ1v) is 7.76. The van der Waals surface area contributed by atoms with Crippen LogP contribution in [0.15, 0.2) is 22.7 Å². The molecule has 1 aromatic rings. The molecule has 4 nitrogen and oxygen atoms in total. The molecule has 1 heterocycles. The van der Waals surface area contributed by atoms with Gasteiger partial charge >= 0.3 is 0 Å². The maximum Gasteiger partial charge on any atom is 0.227 e. The van der Waals surface area contributed by atoms with E-state index in [9.17, 15) is 9.59 Å². The van der Waals surface area contributed by atoms with E-state index in [0.29, 0.717) is 13.1 Å². The van der Waals surface area contributed by atoms with Crippen LogP contribution in [0.1, 0.15) is 31.7 Å². The number of hydrogen-bond acceptors (Lipinski definition) is 2. The molecule has 0 aromatic heterocycles. The number of carbonyl (C=O) groups is 2. The number of nitrogens with one attached hydrogen (secondary N) is 1. The van der Waals surface area contributed by atoms with Gasteiger partial charge in [0.05, 0.1) is 0 Å². The van der Waals surface area contributed by atoms with E-state index in [1.165, 1.54) is 5.56 Å². The minimum atomic E-state index is -0.0459. The van der Waals surface area contributed by atoms with Crippen LogP contribution in [0.2, 0.25) is 0 Å². The van der Waals surface area contributed by atoms with E-state index >= 15 is 0 Å². The summed E-state index contributed by atoms with van der Waals surface area (Å²) < 4.78 is 1.03. The molecule has 0 bridgehead atoms. The zero-order chi connectivity index (χ0) is 14.5. The lowest BCUT2D eigenvalue weighted by Gasteiger charge is -2.17. The molecule has 0 spiro atoms. The van der Waals surface area contributed by atoms with E-state index in [4.69, 9.17) is 0 Å². The molecule has 0 aliphatic carbocycles. The number of halogens is 1. The summed E-state index contributed by atoms with van der Waals surface area (Å²) in [7, 11) is 0. The Hall–Kier alpha value is -1.36. The highest BCUT2D eigenvalue weighted by atomic mass is 79.9. The van der Waals surface area contributed by atoms with Gasteiger partial charge in [-0.15, -0.1) is 0 Å². The second kappa shape index (κ2) is 6.88. The van der Waals surface area contributed by atoms with Gasteiger partial charge in [-0.1, -0.05) is 22.9 Å². The lowest BCUT2D eigenvalue weighted by molar-refractivity contribution is -0.125. The van der Waals surface area contributed by atoms with Crippen molar-refractivity contribution < 1.29 is 9.59 Å². The summed E-state index contributed by atoms with van der Waals surface area (Å²) in [5.41, 5.74) is 2.16. The van der Waals surface area contributed by atoms with E-state index in [-0.39, 0.29) is 24.7 Å². The van der Waals surface area contributed by atoms with Crippen molar-refractivity contribution in [2.75, 3.05) is 18.0 Å². The number of carbonyl (C=O) groups excluding carboxylic acids is 2. The van der Waals surface area contributed by atoms with Crippen molar-refractivity contribution in [1.29, 1.82) is 0 Å². The summed E-state index contributed by atoms with van der Waals surface area (Å²) in [5, 5.41) is 2.79. The fraction of sp³-hybridized carbons (Fsp3) is 0.467. The number of hydrogen-bond donors (Lipinski definition) is 1. The quantitative estimate of drug-likeness (QED) is 0.897. The molecule has 0 radical (unpaired) electrons. The molecule has 2 rings (SSSR count). The SMILES string of the molecule is CCCNC(=O)CCC(=O)N1CCc2cc(Br)ccc21. The van der Waals surface area contributed by atoms with Gasteiger partial charge in [0.25, 0.3) is 0 Å². The smallest absolute Gasteiger partial charge is 0.227 e. The minimum Gasteiger partial charge on any atom is -0.356 e. The zero-order valence-electron chi connectivity index (χ0n) is 11.6. The molecule has 1 aliphatic rings. The van der Waals surface area contributed by atoms with Gasteiger partial charge in [0.1, 0.15) is 0 Å². The molecule has 0 fully saturated rings. The molecule has 0 saturated heterocycles. The fourth-order valence-corrected chi connectivity index (χ4v) is 2.75. The summed E-state index contributed by atoms with van der Waals surface area (Å²) in [4.78, 5) is 25.5. The topological polar surface area (TPSA) is 49.4 Å². The first-order chi connectivity index (χ1) is 9.61. The lowest BCUT2D eigenvalue weighted by Crippen LogP contribution is -2.31. The second-order valence-electron chi connectivity index (χ2n) is 4.92. The summed E-state index contributed by atoms with van der Waals surface area (Å²) in [6, 6.07) is 5.95. The van der Waals surface area contributed by atoms with Gasteiger partial charge in [-0.2, -0.15) is 0 Å². The number of nitrogens with zero attached hydrogens (tertiary/aromatic N) is 1. The molecule has 0 atom stereocenters. The number of anilines is 1. The predicted octanol–water partition coefficient (Wildman–Crippen LogP) is 2.64. The van der Waals surface area contributed by atoms with Crippen molar-refractivity contribution in [3.05, 3.63) is 28.2 Å². The molecule has 1 aliphatic heterocycles. The van der Waals surface area contributed by atoms with Crippen LogP contribution in [0.5, 0.6) is 0 Å². The van der Waals surface area contributed by atoms with Gasteiger partial charge < -0.3 is 10.2 Å². The second-order valence-corrected chi connectivity index (χ2v) is 5.83. The highest BCUT2D eigenvalue weighted by Gasteiger charge is 2.24. The van der Waals surface area contributed by atoms with Crippen LogP contribution >= 0.6 is 15.9 Å². The van der Waals surface area contributed by atoms with Gasteiger partial charge in [-0.25, -0.2) is 0 Å². The standard InChI is InChI=1S/C15H19BrN2O2/c1-2-8-17-14(19)5-6-15(20)18-9-7-11-10-12(16)3-4-13(11)18/h3-4,10H,2,5-9H2,1H3,(H,17,19). The molecule has 20 heavy (non-hydrogen) atoms. The van der Waals surface area contributed by atoms with Gasteiger partial charge in [0.2, 0.25) is 11.8 Å². The van der Waals surface area contributed by atoms with Crippen LogP contribution < -0.4 is 10.2 Å². The Balaban J connectivity index is 1.91. The van der Waals surface area contributed by atoms with Gasteiger partial charge in [-0.3, -0.25) is 9.59 Å². The summed E-state index contributed by atoms with van der Waals surface area (Å²) in [6.45, 7) is 3.39. The molecule has 1 N–H and O–H groups in total. The number of amides is 2. The Morgan fingerprint density at radius 1 is 1.35 bits per heavy atom. The molecule has 0 unspecified atom stereocenters. The van der Waals surface area contributed by atoms with E-state index in [2.05, 4.69) is 27.3 Å². The predicted molar refractivity (Wildman–Crippen MR) is 82.7 cm³/mol. The van der Waals surface area contributed by atoms with E-state index in [1.807, 2.05) is 19.1 Å². The van der Waals surface area contributed by atoms with Crippen molar-refractivity contribution in [3.8, 4) is 0 Å². The third kappa shape index (κ3) is 3.60. The Morgan fingerprint density at radius 3 is 2.90 bits per heavy atom. The molecule has 2 amide bonds. The van der Waals surface area contributed by atoms with Gasteiger partial charge in [-0.05, 0) is 36.6 Å². The summed E-state index contributed by atoms with van der Waals surface area (Å²) in [6.07, 6.45) is 2.32. The third-order valence-corrected chi connectivity index (χ3v) is 3.87. The molecule has 5 heteroatoms. The van der Waals surface area contributed by atoms with Crippen LogP contribution in [-0.4, -0.2) is 24.9 Å². The average molecular weight is 339 g/mol. The highest BCUT2D eigenvalue weighted by molar-refractivity contribution is 9.10. The molecular formula is C15H19BrN2O2. The largest absolute Gasteiger partial charge is 0.356 e. The highest BCUT2D eigenvalue weighted by Crippen LogP contribution is 2.30. The summed E-state index contributed by atoms with van der Waals surface area (Å²) in [5.74, 6) is -0.0202. The van der Waals surface area contributed by atoms with Crippen molar-refractivity contribution in [2.24, 2.45) is 0 Å². The maximum atomic E-state index is 12.2. The van der Waals surface area contributed by atoms with Gasteiger partial charge in [0, 0.05) is 36.1 Å². The Labute approximate surface area is 127 Å². The van der Waals surface area contributed by atoms with E-state index in [0.717, 1.165) is 23.0 Å². The Kier molecular flexibility index (Phi) is 5.17. The molecule has 0 saturated carbocycles. The monoisotopic (exact) mass is 338 g/mol.